The molecule has 8 atom stereocenters. The van der Waals surface area contributed by atoms with Gasteiger partial charge in [0.1, 0.15) is 0 Å². The van der Waals surface area contributed by atoms with Crippen LogP contribution in [0.4, 0.5) is 0 Å². The van der Waals surface area contributed by atoms with Crippen LogP contribution in [-0.2, 0) is 132 Å². The van der Waals surface area contributed by atoms with Crippen molar-refractivity contribution < 1.29 is 211 Å². The molecule has 8 unspecified atom stereocenters. The molecule has 0 aromatic carbocycles. The summed E-state index contributed by atoms with van der Waals surface area (Å²) in [6.45, 7) is 11.2. The van der Waals surface area contributed by atoms with E-state index >= 15 is 0 Å². The Morgan fingerprint density at radius 1 is 0.353 bits per heavy atom. The quantitative estimate of drug-likeness (QED) is 0.0633. The molecule has 0 aliphatic carbocycles. The number of aliphatic hydroxyl groups excluding tert-OH is 4. The van der Waals surface area contributed by atoms with Gasteiger partial charge in [0.15, 0.2) is 22.3 Å². The minimum atomic E-state index is -5.60. The van der Waals surface area contributed by atoms with E-state index in [0.29, 0.717) is 25.0 Å². The van der Waals surface area contributed by atoms with E-state index in [-0.39, 0.29) is 77.5 Å². The second-order valence-electron chi connectivity index (χ2n) is 6.79. The minimum absolute atomic E-state index is 0. The molecule has 39 heteroatoms. The van der Waals surface area contributed by atoms with Crippen LogP contribution in [0.15, 0.2) is 51.4 Å². The normalized spacial score (nSPS) is 18.2. The fraction of sp³-hybridized carbons (Fsp3) is 0.333. The SMILES string of the molecule is C=COP(=O)([O-])C(O)P(=O)([O-])[O-].C=COP(=O)([O-])C(O)P(=O)([O-])[O-].C=COP(=O)([O-])C(O)P(=O)([O-])[O-].C=COP(=O)([O-])C(O)P(=O)([O-])[O-].[Hf+4].[Hf+4].[Hf+4]. The maximum absolute atomic E-state index is 10.5. The van der Waals surface area contributed by atoms with Gasteiger partial charge in [-0.1, -0.05) is 26.3 Å². The third kappa shape index (κ3) is 29.8. The molecule has 0 fully saturated rings. The number of rotatable bonds is 16. The molecule has 0 radical (unpaired) electrons. The Labute approximate surface area is 343 Å². The molecule has 288 valence electrons. The summed E-state index contributed by atoms with van der Waals surface area (Å²) in [6, 6.07) is 0. The minimum Gasteiger partial charge on any atom is -0.809 e. The van der Waals surface area contributed by atoms with Crippen molar-refractivity contribution in [1.82, 2.24) is 0 Å². The van der Waals surface area contributed by atoms with Gasteiger partial charge in [0.25, 0.3) is 0 Å². The van der Waals surface area contributed by atoms with Crippen LogP contribution in [0.25, 0.3) is 0 Å². The topological polar surface area (TPSA) is 531 Å². The molecule has 0 saturated carbocycles. The van der Waals surface area contributed by atoms with Gasteiger partial charge in [-0.15, -0.1) is 0 Å². The van der Waals surface area contributed by atoms with Crippen molar-refractivity contribution in [3.05, 3.63) is 51.4 Å². The Hall–Kier alpha value is 1.97. The first-order valence-corrected chi connectivity index (χ1v) is 23.0. The zero-order chi connectivity index (χ0) is 40.0. The Morgan fingerprint density at radius 2 is 0.451 bits per heavy atom. The monoisotopic (exact) mass is 1400 g/mol. The molecule has 0 aromatic heterocycles. The summed E-state index contributed by atoms with van der Waals surface area (Å²) in [4.78, 5) is 122. The molecule has 0 aromatic rings. The average molecular weight is 1400 g/mol. The molecular weight excluding hydrogens is 1380 g/mol. The van der Waals surface area contributed by atoms with Crippen LogP contribution in [0.3, 0.4) is 0 Å². The Kier molecular flexibility index (Phi) is 36.6. The molecule has 51 heavy (non-hydrogen) atoms. The standard InChI is InChI=1S/4C3H8O7P2.3Hf/c4*1-2-10-12(8,9)3(4)11(5,6)7;;;/h4*2-4H,1H2,(H,8,9)(H2,5,6,7);;;/q;;;;3*+4/p-12. The Balaban J connectivity index is -0.0000000993. The molecule has 28 nitrogen and oxygen atoms in total. The predicted molar refractivity (Wildman–Crippen MR) is 130 cm³/mol. The van der Waals surface area contributed by atoms with Crippen LogP contribution in [0, 0.1) is 0 Å². The smallest absolute Gasteiger partial charge is 0.809 e. The van der Waals surface area contributed by atoms with E-state index in [2.05, 4.69) is 44.4 Å². The van der Waals surface area contributed by atoms with Gasteiger partial charge in [-0.05, 0) is 30.4 Å². The molecule has 4 N–H and O–H groups in total. The van der Waals surface area contributed by atoms with E-state index in [1.807, 2.05) is 0 Å². The predicted octanol–water partition coefficient (Wildman–Crippen LogP) is -8.45. The van der Waals surface area contributed by atoms with Gasteiger partial charge in [0.05, 0.1) is 25.0 Å². The Bertz CT molecular complexity index is 1250. The van der Waals surface area contributed by atoms with Crippen LogP contribution in [-0.4, -0.2) is 42.8 Å². The summed E-state index contributed by atoms with van der Waals surface area (Å²) in [7, 11) is -42.8. The maximum Gasteiger partial charge on any atom is 4.00 e. The van der Waals surface area contributed by atoms with E-state index in [0.717, 1.165) is 0 Å². The van der Waals surface area contributed by atoms with Crippen molar-refractivity contribution in [3.8, 4) is 0 Å². The molecule has 0 aliphatic heterocycles. The summed E-state index contributed by atoms with van der Waals surface area (Å²) in [6.07, 6.45) is 1.58. The first-order chi connectivity index (χ1) is 20.9. The van der Waals surface area contributed by atoms with Crippen LogP contribution in [0.1, 0.15) is 0 Å². The second kappa shape index (κ2) is 27.6. The van der Waals surface area contributed by atoms with E-state index in [1.165, 1.54) is 0 Å². The first-order valence-electron chi connectivity index (χ1n) is 10.1. The maximum atomic E-state index is 10.5. The van der Waals surface area contributed by atoms with Gasteiger partial charge in [-0.2, -0.15) is 0 Å². The number of hydrogen-bond acceptors (Lipinski definition) is 28. The van der Waals surface area contributed by atoms with Crippen LogP contribution in [0.2, 0.25) is 0 Å². The van der Waals surface area contributed by atoms with E-state index in [4.69, 9.17) is 20.4 Å². The van der Waals surface area contributed by atoms with Crippen molar-refractivity contribution in [1.29, 1.82) is 0 Å². The first kappa shape index (κ1) is 67.7. The van der Waals surface area contributed by atoms with Gasteiger partial charge < -0.3 is 116 Å². The third-order valence-corrected chi connectivity index (χ3v) is 16.2. The molecule has 0 saturated heterocycles. The van der Waals surface area contributed by atoms with Crippen molar-refractivity contribution in [3.63, 3.8) is 0 Å². The number of aliphatic hydroxyl groups is 4. The Morgan fingerprint density at radius 3 is 0.510 bits per heavy atom. The molecule has 0 aliphatic rings. The summed E-state index contributed by atoms with van der Waals surface area (Å²) >= 11 is 0. The molecular formula is C12H20Hf3O28P8. The third-order valence-electron chi connectivity index (χ3n) is 3.15. The second-order valence-corrected chi connectivity index (χ2v) is 21.8. The largest absolute Gasteiger partial charge is 4.00 e. The molecule has 0 rings (SSSR count). The molecule has 0 heterocycles. The zero-order valence-corrected chi connectivity index (χ0v) is 42.0. The summed E-state index contributed by atoms with van der Waals surface area (Å²) < 4.78 is 96.5. The van der Waals surface area contributed by atoms with Gasteiger partial charge in [0.2, 0.25) is 30.4 Å². The molecule has 0 spiro atoms. The van der Waals surface area contributed by atoms with Gasteiger partial charge in [0, 0.05) is 0 Å². The average Bonchev–Trinajstić information content (AvgIpc) is 2.85. The van der Waals surface area contributed by atoms with Crippen molar-refractivity contribution in [2.45, 2.75) is 22.3 Å². The van der Waals surface area contributed by atoms with Crippen molar-refractivity contribution in [2.24, 2.45) is 0 Å². The van der Waals surface area contributed by atoms with E-state index in [9.17, 15) is 95.2 Å². The fourth-order valence-electron chi connectivity index (χ4n) is 1.33. The van der Waals surface area contributed by atoms with E-state index in [1.54, 1.807) is 0 Å². The zero-order valence-electron chi connectivity index (χ0n) is 24.1. The number of hydrogen-bond donors (Lipinski definition) is 4. The summed E-state index contributed by atoms with van der Waals surface area (Å²) in [5, 5.41) is 33.6. The summed E-state index contributed by atoms with van der Waals surface area (Å²) in [5.41, 5.74) is -12.3. The van der Waals surface area contributed by atoms with Crippen molar-refractivity contribution in [2.75, 3.05) is 0 Å². The van der Waals surface area contributed by atoms with Gasteiger partial charge >= 0.3 is 77.5 Å². The van der Waals surface area contributed by atoms with E-state index < -0.39 is 83.1 Å². The van der Waals surface area contributed by atoms with Crippen LogP contribution >= 0.6 is 60.8 Å². The van der Waals surface area contributed by atoms with Crippen molar-refractivity contribution >= 4 is 60.8 Å². The van der Waals surface area contributed by atoms with Gasteiger partial charge in [-0.3, -0.25) is 18.3 Å². The molecule has 0 bridgehead atoms. The summed E-state index contributed by atoms with van der Waals surface area (Å²) in [5.74, 6) is 0. The van der Waals surface area contributed by atoms with Crippen LogP contribution < -0.4 is 58.7 Å². The van der Waals surface area contributed by atoms with Gasteiger partial charge in [-0.25, -0.2) is 0 Å². The fourth-order valence-corrected chi connectivity index (χ4v) is 8.79. The van der Waals surface area contributed by atoms with Crippen LogP contribution in [0.5, 0.6) is 0 Å². The molecule has 0 amide bonds.